The maximum absolute atomic E-state index is 13.0. The Bertz CT molecular complexity index is 812. The summed E-state index contributed by atoms with van der Waals surface area (Å²) in [5, 5.41) is 3.62. The van der Waals surface area contributed by atoms with E-state index in [9.17, 15) is 9.59 Å². The maximum Gasteiger partial charge on any atom is 0.242 e. The molecule has 1 atom stereocenters. The van der Waals surface area contributed by atoms with Gasteiger partial charge in [0.15, 0.2) is 0 Å². The first kappa shape index (κ1) is 21.7. The zero-order valence-electron chi connectivity index (χ0n) is 15.1. The highest BCUT2D eigenvalue weighted by Crippen LogP contribution is 2.23. The van der Waals surface area contributed by atoms with Crippen molar-refractivity contribution in [2.24, 2.45) is 0 Å². The molecule has 0 fully saturated rings. The maximum atomic E-state index is 13.0. The Labute approximate surface area is 178 Å². The molecule has 1 N–H and O–H groups in total. The van der Waals surface area contributed by atoms with E-state index in [-0.39, 0.29) is 18.2 Å². The lowest BCUT2D eigenvalue weighted by Crippen LogP contribution is -2.48. The Morgan fingerprint density at radius 2 is 1.70 bits per heavy atom. The van der Waals surface area contributed by atoms with Crippen molar-refractivity contribution in [1.29, 1.82) is 0 Å². The third kappa shape index (κ3) is 6.23. The van der Waals surface area contributed by atoms with E-state index in [1.165, 1.54) is 0 Å². The van der Waals surface area contributed by atoms with Crippen molar-refractivity contribution >= 4 is 50.9 Å². The molecule has 144 valence electrons. The highest BCUT2D eigenvalue weighted by atomic mass is 79.9. The second kappa shape index (κ2) is 10.1. The molecule has 2 aromatic carbocycles. The summed E-state index contributed by atoms with van der Waals surface area (Å²) in [7, 11) is 0. The van der Waals surface area contributed by atoms with Crippen LogP contribution in [0.1, 0.15) is 25.0 Å². The fraction of sp³-hybridized carbons (Fsp3) is 0.300. The predicted molar refractivity (Wildman–Crippen MR) is 113 cm³/mol. The summed E-state index contributed by atoms with van der Waals surface area (Å²) in [5.74, 6) is -0.341. The van der Waals surface area contributed by atoms with Crippen LogP contribution in [0.5, 0.6) is 0 Å². The Morgan fingerprint density at radius 3 is 2.30 bits per heavy atom. The molecule has 0 aromatic heterocycles. The zero-order valence-corrected chi connectivity index (χ0v) is 18.2. The SMILES string of the molecule is CCNC(=O)[C@@H](C)N(Cc1ccc(Br)cc1)C(=O)Cc1ccc(Cl)c(Cl)c1. The first-order valence-electron chi connectivity index (χ1n) is 8.57. The van der Waals surface area contributed by atoms with Crippen molar-refractivity contribution in [1.82, 2.24) is 10.2 Å². The number of nitrogens with one attached hydrogen (secondary N) is 1. The van der Waals surface area contributed by atoms with Crippen LogP contribution >= 0.6 is 39.1 Å². The topological polar surface area (TPSA) is 49.4 Å². The van der Waals surface area contributed by atoms with Gasteiger partial charge in [0.05, 0.1) is 16.5 Å². The minimum Gasteiger partial charge on any atom is -0.355 e. The van der Waals surface area contributed by atoms with Gasteiger partial charge >= 0.3 is 0 Å². The quantitative estimate of drug-likeness (QED) is 0.627. The van der Waals surface area contributed by atoms with Gasteiger partial charge in [-0.15, -0.1) is 0 Å². The van der Waals surface area contributed by atoms with Crippen molar-refractivity contribution in [3.63, 3.8) is 0 Å². The molecule has 2 rings (SSSR count). The van der Waals surface area contributed by atoms with Crippen molar-refractivity contribution in [2.75, 3.05) is 6.54 Å². The second-order valence-electron chi connectivity index (χ2n) is 6.14. The number of likely N-dealkylation sites (N-methyl/N-ethyl adjacent to an activating group) is 1. The third-order valence-corrected chi connectivity index (χ3v) is 5.39. The van der Waals surface area contributed by atoms with Crippen LogP contribution in [-0.2, 0) is 22.6 Å². The molecule has 0 unspecified atom stereocenters. The van der Waals surface area contributed by atoms with Crippen LogP contribution in [0.2, 0.25) is 10.0 Å². The van der Waals surface area contributed by atoms with Crippen LogP contribution in [0.15, 0.2) is 46.9 Å². The molecule has 0 aliphatic carbocycles. The highest BCUT2D eigenvalue weighted by Gasteiger charge is 2.26. The van der Waals surface area contributed by atoms with E-state index in [1.54, 1.807) is 30.0 Å². The van der Waals surface area contributed by atoms with E-state index < -0.39 is 6.04 Å². The standard InChI is InChI=1S/C20H21BrCl2N2O2/c1-3-24-20(27)13(2)25(12-14-4-7-16(21)8-5-14)19(26)11-15-6-9-17(22)18(23)10-15/h4-10,13H,3,11-12H2,1-2H3,(H,24,27)/t13-/m1/s1. The van der Waals surface area contributed by atoms with Gasteiger partial charge in [-0.25, -0.2) is 0 Å². The van der Waals surface area contributed by atoms with Gasteiger partial charge in [0.1, 0.15) is 6.04 Å². The van der Waals surface area contributed by atoms with Crippen molar-refractivity contribution in [2.45, 2.75) is 32.9 Å². The number of nitrogens with zero attached hydrogens (tertiary/aromatic N) is 1. The van der Waals surface area contributed by atoms with Crippen LogP contribution in [0.25, 0.3) is 0 Å². The summed E-state index contributed by atoms with van der Waals surface area (Å²) in [6.45, 7) is 4.43. The van der Waals surface area contributed by atoms with E-state index in [0.29, 0.717) is 23.1 Å². The van der Waals surface area contributed by atoms with Gasteiger partial charge in [-0.3, -0.25) is 9.59 Å². The summed E-state index contributed by atoms with van der Waals surface area (Å²) >= 11 is 15.4. The Balaban J connectivity index is 2.23. The van der Waals surface area contributed by atoms with Crippen molar-refractivity contribution in [3.8, 4) is 0 Å². The summed E-state index contributed by atoms with van der Waals surface area (Å²) in [6, 6.07) is 12.2. The molecule has 0 aliphatic heterocycles. The van der Waals surface area contributed by atoms with E-state index in [1.807, 2.05) is 31.2 Å². The molecule has 0 spiro atoms. The van der Waals surface area contributed by atoms with E-state index in [0.717, 1.165) is 15.6 Å². The number of hydrogen-bond acceptors (Lipinski definition) is 2. The van der Waals surface area contributed by atoms with Gasteiger partial charge < -0.3 is 10.2 Å². The smallest absolute Gasteiger partial charge is 0.242 e. The van der Waals surface area contributed by atoms with E-state index >= 15 is 0 Å². The monoisotopic (exact) mass is 470 g/mol. The number of rotatable bonds is 7. The number of carbonyl (C=O) groups excluding carboxylic acids is 2. The van der Waals surface area contributed by atoms with Crippen LogP contribution in [-0.4, -0.2) is 29.3 Å². The molecular weight excluding hydrogens is 451 g/mol. The number of hydrogen-bond donors (Lipinski definition) is 1. The van der Waals surface area contributed by atoms with Gasteiger partial charge in [0.2, 0.25) is 11.8 Å². The fourth-order valence-electron chi connectivity index (χ4n) is 2.62. The molecule has 2 aromatic rings. The van der Waals surface area contributed by atoms with Crippen molar-refractivity contribution in [3.05, 3.63) is 68.1 Å². The Morgan fingerprint density at radius 1 is 1.07 bits per heavy atom. The van der Waals surface area contributed by atoms with Crippen LogP contribution < -0.4 is 5.32 Å². The average Bonchev–Trinajstić information content (AvgIpc) is 2.64. The lowest BCUT2D eigenvalue weighted by molar-refractivity contribution is -0.140. The zero-order chi connectivity index (χ0) is 20.0. The molecule has 0 radical (unpaired) electrons. The molecule has 0 heterocycles. The molecule has 0 saturated heterocycles. The average molecular weight is 472 g/mol. The lowest BCUT2D eigenvalue weighted by Gasteiger charge is -2.29. The molecule has 4 nitrogen and oxygen atoms in total. The molecule has 0 bridgehead atoms. The third-order valence-electron chi connectivity index (χ3n) is 4.12. The van der Waals surface area contributed by atoms with Gasteiger partial charge in [0.25, 0.3) is 0 Å². The van der Waals surface area contributed by atoms with Crippen LogP contribution in [0.4, 0.5) is 0 Å². The van der Waals surface area contributed by atoms with Crippen LogP contribution in [0.3, 0.4) is 0 Å². The van der Waals surface area contributed by atoms with Crippen molar-refractivity contribution < 1.29 is 9.59 Å². The molecule has 7 heteroatoms. The normalized spacial score (nSPS) is 11.7. The molecule has 27 heavy (non-hydrogen) atoms. The number of halogens is 3. The largest absolute Gasteiger partial charge is 0.355 e. The number of carbonyl (C=O) groups is 2. The minimum absolute atomic E-state index is 0.136. The molecule has 0 saturated carbocycles. The summed E-state index contributed by atoms with van der Waals surface area (Å²) < 4.78 is 0.955. The Hall–Kier alpha value is -1.56. The fourth-order valence-corrected chi connectivity index (χ4v) is 3.20. The molecule has 0 aliphatic rings. The van der Waals surface area contributed by atoms with E-state index in [2.05, 4.69) is 21.2 Å². The second-order valence-corrected chi connectivity index (χ2v) is 7.87. The first-order chi connectivity index (χ1) is 12.8. The lowest BCUT2D eigenvalue weighted by atomic mass is 10.1. The first-order valence-corrected chi connectivity index (χ1v) is 10.1. The molecular formula is C20H21BrCl2N2O2. The highest BCUT2D eigenvalue weighted by molar-refractivity contribution is 9.10. The van der Waals surface area contributed by atoms with E-state index in [4.69, 9.17) is 23.2 Å². The summed E-state index contributed by atoms with van der Waals surface area (Å²) in [5.41, 5.74) is 1.69. The van der Waals surface area contributed by atoms with Gasteiger partial charge in [0, 0.05) is 17.6 Å². The minimum atomic E-state index is -0.594. The van der Waals surface area contributed by atoms with Gasteiger partial charge in [-0.1, -0.05) is 57.3 Å². The Kier molecular flexibility index (Phi) is 8.14. The summed E-state index contributed by atoms with van der Waals surface area (Å²) in [6.07, 6.45) is 0.136. The van der Waals surface area contributed by atoms with Gasteiger partial charge in [-0.2, -0.15) is 0 Å². The van der Waals surface area contributed by atoms with Gasteiger partial charge in [-0.05, 0) is 49.2 Å². The number of amides is 2. The predicted octanol–water partition coefficient (Wildman–Crippen LogP) is 4.85. The van der Waals surface area contributed by atoms with Crippen LogP contribution in [0, 0.1) is 0 Å². The summed E-state index contributed by atoms with van der Waals surface area (Å²) in [4.78, 5) is 26.9. The molecule has 2 amide bonds. The number of benzene rings is 2.